The van der Waals surface area contributed by atoms with Crippen LogP contribution in [0, 0.1) is 10.8 Å². The smallest absolute Gasteiger partial charge is 0.139 e. The van der Waals surface area contributed by atoms with Crippen LogP contribution in [-0.2, 0) is 4.79 Å². The monoisotopic (exact) mass is 178 g/mol. The maximum absolute atomic E-state index is 11.8. The first-order valence-corrected chi connectivity index (χ1v) is 5.83. The molecule has 1 atom stereocenters. The third-order valence-corrected chi connectivity index (χ3v) is 5.15. The fourth-order valence-electron chi connectivity index (χ4n) is 4.37. The van der Waals surface area contributed by atoms with Gasteiger partial charge in [-0.05, 0) is 37.5 Å². The van der Waals surface area contributed by atoms with Crippen LogP contribution in [-0.4, -0.2) is 5.78 Å². The van der Waals surface area contributed by atoms with E-state index < -0.39 is 0 Å². The molecule has 0 unspecified atom stereocenters. The van der Waals surface area contributed by atoms with Crippen molar-refractivity contribution in [3.8, 4) is 0 Å². The van der Waals surface area contributed by atoms with Crippen molar-refractivity contribution in [2.24, 2.45) is 10.8 Å². The fraction of sp³-hybridized carbons (Fsp3) is 0.917. The van der Waals surface area contributed by atoms with Crippen LogP contribution < -0.4 is 0 Å². The third kappa shape index (κ3) is 0.769. The van der Waals surface area contributed by atoms with Crippen molar-refractivity contribution in [1.82, 2.24) is 0 Å². The van der Waals surface area contributed by atoms with Gasteiger partial charge >= 0.3 is 0 Å². The highest BCUT2D eigenvalue weighted by Gasteiger charge is 2.62. The molecule has 0 bridgehead atoms. The van der Waals surface area contributed by atoms with Gasteiger partial charge in [-0.15, -0.1) is 0 Å². The van der Waals surface area contributed by atoms with E-state index in [-0.39, 0.29) is 5.41 Å². The molecule has 3 saturated carbocycles. The Morgan fingerprint density at radius 3 is 2.08 bits per heavy atom. The van der Waals surface area contributed by atoms with Crippen molar-refractivity contribution < 1.29 is 4.79 Å². The van der Waals surface area contributed by atoms with E-state index in [1.54, 1.807) is 0 Å². The first kappa shape index (κ1) is 8.02. The summed E-state index contributed by atoms with van der Waals surface area (Å²) in [7, 11) is 0. The molecule has 0 aromatic heterocycles. The van der Waals surface area contributed by atoms with Gasteiger partial charge in [0.1, 0.15) is 5.78 Å². The normalized spacial score (nSPS) is 41.7. The lowest BCUT2D eigenvalue weighted by molar-refractivity contribution is -0.147. The number of hydrogen-bond acceptors (Lipinski definition) is 1. The molecular weight excluding hydrogens is 160 g/mol. The topological polar surface area (TPSA) is 17.1 Å². The van der Waals surface area contributed by atoms with Gasteiger partial charge < -0.3 is 0 Å². The predicted molar refractivity (Wildman–Crippen MR) is 51.4 cm³/mol. The Balaban J connectivity index is 1.98. The molecule has 3 fully saturated rings. The van der Waals surface area contributed by atoms with Gasteiger partial charge in [-0.2, -0.15) is 0 Å². The number of fused-ring (bicyclic) bond motifs is 1. The van der Waals surface area contributed by atoms with Crippen molar-refractivity contribution in [2.45, 2.75) is 57.8 Å². The van der Waals surface area contributed by atoms with Crippen LogP contribution in [0.4, 0.5) is 0 Å². The molecule has 2 spiro atoms. The van der Waals surface area contributed by atoms with E-state index >= 15 is 0 Å². The van der Waals surface area contributed by atoms with Gasteiger partial charge in [0, 0.05) is 11.8 Å². The molecule has 0 aromatic carbocycles. The highest BCUT2D eigenvalue weighted by atomic mass is 16.1. The van der Waals surface area contributed by atoms with E-state index in [0.717, 1.165) is 6.42 Å². The molecule has 0 amide bonds. The summed E-state index contributed by atoms with van der Waals surface area (Å²) >= 11 is 0. The Kier molecular flexibility index (Phi) is 1.46. The summed E-state index contributed by atoms with van der Waals surface area (Å²) in [5.74, 6) is 0.618. The zero-order chi connectivity index (χ0) is 8.94. The SMILES string of the molecule is O=C1CC[C@]12CCCC21CCCC1. The number of carbonyl (C=O) groups excluding carboxylic acids is 1. The molecule has 1 heteroatoms. The Morgan fingerprint density at radius 1 is 0.846 bits per heavy atom. The zero-order valence-electron chi connectivity index (χ0n) is 8.27. The van der Waals surface area contributed by atoms with E-state index in [0.29, 0.717) is 11.2 Å². The average molecular weight is 178 g/mol. The summed E-state index contributed by atoms with van der Waals surface area (Å²) in [6, 6.07) is 0. The molecular formula is C12H18O. The van der Waals surface area contributed by atoms with E-state index in [1.165, 1.54) is 51.4 Å². The van der Waals surface area contributed by atoms with Gasteiger partial charge in [-0.1, -0.05) is 19.3 Å². The van der Waals surface area contributed by atoms with Crippen LogP contribution in [0.2, 0.25) is 0 Å². The van der Waals surface area contributed by atoms with Crippen LogP contribution in [0.15, 0.2) is 0 Å². The lowest BCUT2D eigenvalue weighted by Crippen LogP contribution is -2.49. The van der Waals surface area contributed by atoms with Crippen molar-refractivity contribution >= 4 is 5.78 Å². The molecule has 0 saturated heterocycles. The Morgan fingerprint density at radius 2 is 1.54 bits per heavy atom. The molecule has 0 aromatic rings. The van der Waals surface area contributed by atoms with Crippen molar-refractivity contribution in [1.29, 1.82) is 0 Å². The standard InChI is InChI=1S/C12H18O/c13-10-4-9-12(10)8-3-7-11(12)5-1-2-6-11/h1-9H2/t12-/m1/s1. The summed E-state index contributed by atoms with van der Waals surface area (Å²) in [6.07, 6.45) is 11.5. The molecule has 13 heavy (non-hydrogen) atoms. The zero-order valence-corrected chi connectivity index (χ0v) is 8.27. The van der Waals surface area contributed by atoms with Gasteiger partial charge in [0.15, 0.2) is 0 Å². The first-order chi connectivity index (χ1) is 6.29. The number of carbonyl (C=O) groups is 1. The molecule has 0 N–H and O–H groups in total. The van der Waals surface area contributed by atoms with Crippen LogP contribution >= 0.6 is 0 Å². The molecule has 3 aliphatic carbocycles. The van der Waals surface area contributed by atoms with Gasteiger partial charge in [-0.25, -0.2) is 0 Å². The third-order valence-electron chi connectivity index (χ3n) is 5.15. The minimum atomic E-state index is 0.212. The van der Waals surface area contributed by atoms with Crippen LogP contribution in [0.1, 0.15) is 57.8 Å². The molecule has 0 heterocycles. The van der Waals surface area contributed by atoms with Gasteiger partial charge in [0.2, 0.25) is 0 Å². The number of Topliss-reactive ketones (excluding diaryl/α,β-unsaturated/α-hetero) is 1. The molecule has 0 aliphatic heterocycles. The van der Waals surface area contributed by atoms with Crippen LogP contribution in [0.25, 0.3) is 0 Å². The van der Waals surface area contributed by atoms with E-state index in [9.17, 15) is 4.79 Å². The number of ketones is 1. The summed E-state index contributed by atoms with van der Waals surface area (Å²) < 4.78 is 0. The minimum Gasteiger partial charge on any atom is -0.299 e. The lowest BCUT2D eigenvalue weighted by atomic mass is 9.53. The highest BCUT2D eigenvalue weighted by Crippen LogP contribution is 2.67. The maximum Gasteiger partial charge on any atom is 0.139 e. The van der Waals surface area contributed by atoms with E-state index in [1.807, 2.05) is 0 Å². The van der Waals surface area contributed by atoms with E-state index in [2.05, 4.69) is 0 Å². The van der Waals surface area contributed by atoms with E-state index in [4.69, 9.17) is 0 Å². The molecule has 1 nitrogen and oxygen atoms in total. The van der Waals surface area contributed by atoms with Crippen LogP contribution in [0.5, 0.6) is 0 Å². The predicted octanol–water partition coefficient (Wildman–Crippen LogP) is 3.08. The van der Waals surface area contributed by atoms with Gasteiger partial charge in [0.25, 0.3) is 0 Å². The van der Waals surface area contributed by atoms with Crippen molar-refractivity contribution in [3.05, 3.63) is 0 Å². The molecule has 3 aliphatic rings. The second-order valence-corrected chi connectivity index (χ2v) is 5.35. The average Bonchev–Trinajstić information content (AvgIpc) is 2.74. The Hall–Kier alpha value is -0.330. The van der Waals surface area contributed by atoms with Crippen molar-refractivity contribution in [3.63, 3.8) is 0 Å². The second-order valence-electron chi connectivity index (χ2n) is 5.35. The summed E-state index contributed by atoms with van der Waals surface area (Å²) in [6.45, 7) is 0. The second kappa shape index (κ2) is 2.37. The highest BCUT2D eigenvalue weighted by molar-refractivity contribution is 5.91. The quantitative estimate of drug-likeness (QED) is 0.557. The summed E-state index contributed by atoms with van der Waals surface area (Å²) in [5, 5.41) is 0. The van der Waals surface area contributed by atoms with Crippen molar-refractivity contribution in [2.75, 3.05) is 0 Å². The molecule has 72 valence electrons. The maximum atomic E-state index is 11.8. The number of rotatable bonds is 0. The Bertz CT molecular complexity index is 244. The number of hydrogen-bond donors (Lipinski definition) is 0. The molecule has 3 rings (SSSR count). The summed E-state index contributed by atoms with van der Waals surface area (Å²) in [5.41, 5.74) is 0.714. The fourth-order valence-corrected chi connectivity index (χ4v) is 4.37. The Labute approximate surface area is 79.9 Å². The first-order valence-electron chi connectivity index (χ1n) is 5.83. The largest absolute Gasteiger partial charge is 0.299 e. The summed E-state index contributed by atoms with van der Waals surface area (Å²) in [4.78, 5) is 11.8. The lowest BCUT2D eigenvalue weighted by Gasteiger charge is -2.49. The van der Waals surface area contributed by atoms with Gasteiger partial charge in [0.05, 0.1) is 0 Å². The van der Waals surface area contributed by atoms with Gasteiger partial charge in [-0.3, -0.25) is 4.79 Å². The van der Waals surface area contributed by atoms with Crippen LogP contribution in [0.3, 0.4) is 0 Å². The minimum absolute atomic E-state index is 0.212. The molecule has 0 radical (unpaired) electrons.